The Hall–Kier alpha value is -0.130. The van der Waals surface area contributed by atoms with Crippen molar-refractivity contribution in [3.05, 3.63) is 22.2 Å². The molecule has 16 heavy (non-hydrogen) atoms. The fraction of sp³-hybridized carbons (Fsp3) is 0.556. The average Bonchev–Trinajstić information content (AvgIpc) is 2.24. The first-order valence-corrected chi connectivity index (χ1v) is 5.61. The monoisotopic (exact) mass is 282 g/mol. The second-order valence-electron chi connectivity index (χ2n) is 3.48. The third-order valence-corrected chi connectivity index (χ3v) is 2.90. The normalized spacial score (nSPS) is 16.9. The Morgan fingerprint density at radius 3 is 2.62 bits per heavy atom. The lowest BCUT2D eigenvalue weighted by Gasteiger charge is -2.27. The van der Waals surface area contributed by atoms with Gasteiger partial charge in [0.2, 0.25) is 5.28 Å². The van der Waals surface area contributed by atoms with Gasteiger partial charge in [0.25, 0.3) is 0 Å². The van der Waals surface area contributed by atoms with E-state index in [1.54, 1.807) is 6.20 Å². The molecule has 1 aliphatic rings. The third kappa shape index (κ3) is 3.71. The van der Waals surface area contributed by atoms with Gasteiger partial charge in [-0.15, -0.1) is 12.4 Å². The molecule has 2 rings (SSSR count). The van der Waals surface area contributed by atoms with Crippen LogP contribution in [0.3, 0.4) is 0 Å². The lowest BCUT2D eigenvalue weighted by atomic mass is 10.3. The third-order valence-electron chi connectivity index (χ3n) is 2.39. The molecule has 1 N–H and O–H groups in total. The van der Waals surface area contributed by atoms with Crippen LogP contribution in [0.5, 0.6) is 0 Å². The van der Waals surface area contributed by atoms with Crippen LogP contribution in [0.1, 0.15) is 5.56 Å². The van der Waals surface area contributed by atoms with Gasteiger partial charge in [0.05, 0.1) is 0 Å². The molecule has 0 radical (unpaired) electrons. The molecule has 0 aromatic carbocycles. The Kier molecular flexibility index (Phi) is 5.72. The topological polar surface area (TPSA) is 41.1 Å². The molecule has 1 aliphatic heterocycles. The molecule has 0 amide bonds. The number of halogens is 3. The van der Waals surface area contributed by atoms with Crippen molar-refractivity contribution in [3.8, 4) is 0 Å². The number of piperazine rings is 1. The summed E-state index contributed by atoms with van der Waals surface area (Å²) in [7, 11) is 0. The predicted molar refractivity (Wildman–Crippen MR) is 67.4 cm³/mol. The molecule has 7 heteroatoms. The van der Waals surface area contributed by atoms with Gasteiger partial charge in [-0.2, -0.15) is 0 Å². The van der Waals surface area contributed by atoms with Gasteiger partial charge < -0.3 is 5.32 Å². The maximum atomic E-state index is 5.97. The van der Waals surface area contributed by atoms with Crippen molar-refractivity contribution in [1.82, 2.24) is 20.2 Å². The lowest BCUT2D eigenvalue weighted by molar-refractivity contribution is 0.233. The van der Waals surface area contributed by atoms with Gasteiger partial charge in [0, 0.05) is 44.5 Å². The summed E-state index contributed by atoms with van der Waals surface area (Å²) in [6.07, 6.45) is 1.69. The number of rotatable bonds is 2. The van der Waals surface area contributed by atoms with Crippen LogP contribution in [0.4, 0.5) is 0 Å². The average molecular weight is 284 g/mol. The zero-order valence-electron chi connectivity index (χ0n) is 8.62. The van der Waals surface area contributed by atoms with Gasteiger partial charge >= 0.3 is 0 Å². The van der Waals surface area contributed by atoms with Crippen LogP contribution in [-0.4, -0.2) is 41.0 Å². The SMILES string of the molecule is Cl.Clc1ncc(CN2CCNCC2)c(Cl)n1. The molecule has 1 fully saturated rings. The van der Waals surface area contributed by atoms with Crippen molar-refractivity contribution in [1.29, 1.82) is 0 Å². The molecule has 1 aromatic heterocycles. The summed E-state index contributed by atoms with van der Waals surface area (Å²) in [5.41, 5.74) is 0.933. The Morgan fingerprint density at radius 2 is 2.00 bits per heavy atom. The lowest BCUT2D eigenvalue weighted by Crippen LogP contribution is -2.42. The second-order valence-corrected chi connectivity index (χ2v) is 4.18. The molecule has 1 saturated heterocycles. The zero-order valence-corrected chi connectivity index (χ0v) is 10.9. The van der Waals surface area contributed by atoms with Crippen molar-refractivity contribution < 1.29 is 0 Å². The minimum atomic E-state index is 0. The summed E-state index contributed by atoms with van der Waals surface area (Å²) in [5.74, 6) is 0. The summed E-state index contributed by atoms with van der Waals surface area (Å²) in [6.45, 7) is 4.88. The van der Waals surface area contributed by atoms with Gasteiger partial charge in [-0.3, -0.25) is 4.90 Å². The smallest absolute Gasteiger partial charge is 0.223 e. The fourth-order valence-electron chi connectivity index (χ4n) is 1.58. The van der Waals surface area contributed by atoms with Gasteiger partial charge in [0.15, 0.2) is 0 Å². The summed E-state index contributed by atoms with van der Waals surface area (Å²) in [4.78, 5) is 10.2. The maximum absolute atomic E-state index is 5.97. The summed E-state index contributed by atoms with van der Waals surface area (Å²) >= 11 is 11.6. The van der Waals surface area contributed by atoms with E-state index in [2.05, 4.69) is 20.2 Å². The first-order chi connectivity index (χ1) is 7.25. The molecule has 0 aliphatic carbocycles. The second kappa shape index (κ2) is 6.57. The minimum absolute atomic E-state index is 0. The fourth-order valence-corrected chi connectivity index (χ4v) is 1.95. The largest absolute Gasteiger partial charge is 0.314 e. The molecule has 0 saturated carbocycles. The van der Waals surface area contributed by atoms with Gasteiger partial charge in [0.1, 0.15) is 5.15 Å². The minimum Gasteiger partial charge on any atom is -0.314 e. The van der Waals surface area contributed by atoms with E-state index < -0.39 is 0 Å². The van der Waals surface area contributed by atoms with Crippen molar-refractivity contribution in [3.63, 3.8) is 0 Å². The number of nitrogens with zero attached hydrogens (tertiary/aromatic N) is 3. The van der Waals surface area contributed by atoms with Crippen LogP contribution in [0.2, 0.25) is 10.4 Å². The molecule has 4 nitrogen and oxygen atoms in total. The van der Waals surface area contributed by atoms with Gasteiger partial charge in [-0.25, -0.2) is 9.97 Å². The van der Waals surface area contributed by atoms with Crippen LogP contribution in [0.25, 0.3) is 0 Å². The first kappa shape index (κ1) is 13.9. The van der Waals surface area contributed by atoms with Gasteiger partial charge in [-0.05, 0) is 11.6 Å². The molecule has 0 atom stereocenters. The molecule has 0 unspecified atom stereocenters. The van der Waals surface area contributed by atoms with E-state index in [0.717, 1.165) is 38.3 Å². The van der Waals surface area contributed by atoms with E-state index in [1.165, 1.54) is 0 Å². The van der Waals surface area contributed by atoms with Gasteiger partial charge in [-0.1, -0.05) is 11.6 Å². The van der Waals surface area contributed by atoms with E-state index in [0.29, 0.717) is 5.15 Å². The van der Waals surface area contributed by atoms with Crippen LogP contribution >= 0.6 is 35.6 Å². The predicted octanol–water partition coefficient (Wildman–Crippen LogP) is 1.61. The quantitative estimate of drug-likeness (QED) is 0.661. The highest BCUT2D eigenvalue weighted by atomic mass is 35.5. The summed E-state index contributed by atoms with van der Waals surface area (Å²) in [6, 6.07) is 0. The van der Waals surface area contributed by atoms with Crippen molar-refractivity contribution in [2.75, 3.05) is 26.2 Å². The zero-order chi connectivity index (χ0) is 10.7. The molecule has 2 heterocycles. The summed E-state index contributed by atoms with van der Waals surface area (Å²) in [5, 5.41) is 3.95. The van der Waals surface area contributed by atoms with E-state index in [1.807, 2.05) is 0 Å². The highest BCUT2D eigenvalue weighted by Gasteiger charge is 2.12. The Balaban J connectivity index is 0.00000128. The van der Waals surface area contributed by atoms with Crippen LogP contribution < -0.4 is 5.32 Å². The van der Waals surface area contributed by atoms with E-state index in [9.17, 15) is 0 Å². The molecular formula is C9H13Cl3N4. The van der Waals surface area contributed by atoms with Crippen molar-refractivity contribution in [2.45, 2.75) is 6.54 Å². The Morgan fingerprint density at radius 1 is 1.31 bits per heavy atom. The summed E-state index contributed by atoms with van der Waals surface area (Å²) < 4.78 is 0. The molecule has 90 valence electrons. The van der Waals surface area contributed by atoms with E-state index in [-0.39, 0.29) is 17.7 Å². The molecular weight excluding hydrogens is 270 g/mol. The molecule has 0 spiro atoms. The number of hydrogen-bond donors (Lipinski definition) is 1. The molecule has 1 aromatic rings. The number of nitrogens with one attached hydrogen (secondary N) is 1. The van der Waals surface area contributed by atoms with Crippen LogP contribution in [0, 0.1) is 0 Å². The van der Waals surface area contributed by atoms with E-state index >= 15 is 0 Å². The Bertz CT molecular complexity index is 342. The maximum Gasteiger partial charge on any atom is 0.223 e. The highest BCUT2D eigenvalue weighted by Crippen LogP contribution is 2.16. The van der Waals surface area contributed by atoms with Crippen LogP contribution in [-0.2, 0) is 6.54 Å². The standard InChI is InChI=1S/C9H12Cl2N4.ClH/c10-8-7(5-13-9(11)14-8)6-15-3-1-12-2-4-15;/h5,12H,1-4,6H2;1H. The van der Waals surface area contributed by atoms with Crippen LogP contribution in [0.15, 0.2) is 6.20 Å². The molecule has 0 bridgehead atoms. The number of hydrogen-bond acceptors (Lipinski definition) is 4. The van der Waals surface area contributed by atoms with E-state index in [4.69, 9.17) is 23.2 Å². The van der Waals surface area contributed by atoms with Crippen molar-refractivity contribution in [2.24, 2.45) is 0 Å². The number of aromatic nitrogens is 2. The first-order valence-electron chi connectivity index (χ1n) is 4.86. The Labute approximate surface area is 111 Å². The highest BCUT2D eigenvalue weighted by molar-refractivity contribution is 6.32. The van der Waals surface area contributed by atoms with Crippen molar-refractivity contribution >= 4 is 35.6 Å².